The first-order valence-corrected chi connectivity index (χ1v) is 5.97. The third kappa shape index (κ3) is 1.76. The monoisotopic (exact) mass is 238 g/mol. The summed E-state index contributed by atoms with van der Waals surface area (Å²) in [6.45, 7) is 1.29. The number of hydrogen-bond acceptors (Lipinski definition) is 3. The number of benzene rings is 1. The molecule has 4 nitrogen and oxygen atoms in total. The summed E-state index contributed by atoms with van der Waals surface area (Å²) in [4.78, 5) is 9.04. The van der Waals surface area contributed by atoms with Crippen molar-refractivity contribution >= 4 is 11.2 Å². The van der Waals surface area contributed by atoms with Crippen LogP contribution in [0.25, 0.3) is 22.6 Å². The quantitative estimate of drug-likeness (QED) is 0.759. The average Bonchev–Trinajstić information content (AvgIpc) is 2.80. The van der Waals surface area contributed by atoms with E-state index in [2.05, 4.69) is 14.5 Å². The summed E-state index contributed by atoms with van der Waals surface area (Å²) in [5.74, 6) is 0.926. The van der Waals surface area contributed by atoms with Crippen LogP contribution in [0.4, 0.5) is 0 Å². The van der Waals surface area contributed by atoms with Crippen LogP contribution in [0, 0.1) is 0 Å². The molecule has 2 aromatic heterocycles. The first-order chi connectivity index (χ1) is 8.90. The Morgan fingerprint density at radius 2 is 1.89 bits per heavy atom. The molecule has 0 aliphatic carbocycles. The summed E-state index contributed by atoms with van der Waals surface area (Å²) in [5.41, 5.74) is 8.57. The first kappa shape index (κ1) is 10.9. The predicted molar refractivity (Wildman–Crippen MR) is 72.0 cm³/mol. The van der Waals surface area contributed by atoms with E-state index >= 15 is 0 Å². The van der Waals surface area contributed by atoms with Crippen molar-refractivity contribution in [2.24, 2.45) is 5.73 Å². The molecule has 18 heavy (non-hydrogen) atoms. The maximum absolute atomic E-state index is 5.68. The first-order valence-electron chi connectivity index (χ1n) is 5.97. The minimum atomic E-state index is 0.571. The Morgan fingerprint density at radius 1 is 1.06 bits per heavy atom. The molecule has 0 radical (unpaired) electrons. The normalized spacial score (nSPS) is 10.9. The third-order valence-electron chi connectivity index (χ3n) is 2.89. The standard InChI is InChI=1S/C14H14N4/c15-8-10-18-13(11-5-2-1-3-6-11)17-12-7-4-9-16-14(12)18/h1-7,9H,8,10,15H2. The summed E-state index contributed by atoms with van der Waals surface area (Å²) in [6, 6.07) is 14.0. The molecule has 0 fully saturated rings. The van der Waals surface area contributed by atoms with Crippen LogP contribution < -0.4 is 5.73 Å². The molecular formula is C14H14N4. The van der Waals surface area contributed by atoms with Gasteiger partial charge in [-0.1, -0.05) is 30.3 Å². The van der Waals surface area contributed by atoms with E-state index in [1.165, 1.54) is 0 Å². The van der Waals surface area contributed by atoms with Gasteiger partial charge in [0.15, 0.2) is 5.65 Å². The van der Waals surface area contributed by atoms with Crippen molar-refractivity contribution in [3.05, 3.63) is 48.7 Å². The number of rotatable bonds is 3. The van der Waals surface area contributed by atoms with E-state index in [1.54, 1.807) is 6.20 Å². The minimum Gasteiger partial charge on any atom is -0.329 e. The van der Waals surface area contributed by atoms with Gasteiger partial charge in [0.25, 0.3) is 0 Å². The maximum atomic E-state index is 5.68. The molecule has 0 saturated carbocycles. The van der Waals surface area contributed by atoms with Crippen LogP contribution in [0.1, 0.15) is 0 Å². The van der Waals surface area contributed by atoms with Crippen LogP contribution >= 0.6 is 0 Å². The van der Waals surface area contributed by atoms with Crippen LogP contribution in [-0.4, -0.2) is 21.1 Å². The Labute approximate surface area is 105 Å². The Bertz CT molecular complexity index is 658. The van der Waals surface area contributed by atoms with Crippen LogP contribution in [0.2, 0.25) is 0 Å². The number of fused-ring (bicyclic) bond motifs is 1. The highest BCUT2D eigenvalue weighted by molar-refractivity contribution is 5.76. The minimum absolute atomic E-state index is 0.571. The Kier molecular flexibility index (Phi) is 2.78. The van der Waals surface area contributed by atoms with Gasteiger partial charge in [0.2, 0.25) is 0 Å². The molecule has 2 heterocycles. The number of pyridine rings is 1. The van der Waals surface area contributed by atoms with Gasteiger partial charge in [-0.25, -0.2) is 9.97 Å². The lowest BCUT2D eigenvalue weighted by molar-refractivity contribution is 0.729. The average molecular weight is 238 g/mol. The molecule has 3 rings (SSSR count). The molecule has 3 aromatic rings. The number of aromatic nitrogens is 3. The molecule has 0 aliphatic heterocycles. The van der Waals surface area contributed by atoms with Crippen LogP contribution in [0.3, 0.4) is 0 Å². The second-order valence-electron chi connectivity index (χ2n) is 4.09. The fourth-order valence-corrected chi connectivity index (χ4v) is 2.11. The SMILES string of the molecule is NCCn1c(-c2ccccc2)nc2cccnc21. The maximum Gasteiger partial charge on any atom is 0.160 e. The molecule has 2 N–H and O–H groups in total. The number of hydrogen-bond donors (Lipinski definition) is 1. The topological polar surface area (TPSA) is 56.7 Å². The molecule has 0 saturated heterocycles. The van der Waals surface area contributed by atoms with Gasteiger partial charge < -0.3 is 10.3 Å². The van der Waals surface area contributed by atoms with Gasteiger partial charge in [0.05, 0.1) is 0 Å². The second kappa shape index (κ2) is 4.58. The fourth-order valence-electron chi connectivity index (χ4n) is 2.11. The number of imidazole rings is 1. The molecule has 0 atom stereocenters. The van der Waals surface area contributed by atoms with E-state index in [1.807, 2.05) is 42.5 Å². The van der Waals surface area contributed by atoms with Gasteiger partial charge in [-0.3, -0.25) is 0 Å². The fraction of sp³-hybridized carbons (Fsp3) is 0.143. The highest BCUT2D eigenvalue weighted by atomic mass is 15.1. The second-order valence-corrected chi connectivity index (χ2v) is 4.09. The summed E-state index contributed by atoms with van der Waals surface area (Å²) in [6.07, 6.45) is 1.78. The Balaban J connectivity index is 2.25. The summed E-state index contributed by atoms with van der Waals surface area (Å²) in [7, 11) is 0. The number of nitrogens with two attached hydrogens (primary N) is 1. The van der Waals surface area contributed by atoms with Gasteiger partial charge in [-0.05, 0) is 12.1 Å². The molecular weight excluding hydrogens is 224 g/mol. The van der Waals surface area contributed by atoms with E-state index in [9.17, 15) is 0 Å². The Hall–Kier alpha value is -2.20. The molecule has 0 spiro atoms. The summed E-state index contributed by atoms with van der Waals surface area (Å²) < 4.78 is 2.07. The van der Waals surface area contributed by atoms with Gasteiger partial charge in [0.1, 0.15) is 11.3 Å². The van der Waals surface area contributed by atoms with Gasteiger partial charge in [0, 0.05) is 24.8 Å². The summed E-state index contributed by atoms with van der Waals surface area (Å²) in [5, 5.41) is 0. The largest absolute Gasteiger partial charge is 0.329 e. The molecule has 0 amide bonds. The predicted octanol–water partition coefficient (Wildman–Crippen LogP) is 2.06. The zero-order chi connectivity index (χ0) is 12.4. The molecule has 1 aromatic carbocycles. The van der Waals surface area contributed by atoms with E-state index in [0.717, 1.165) is 29.1 Å². The zero-order valence-corrected chi connectivity index (χ0v) is 9.95. The van der Waals surface area contributed by atoms with Crippen molar-refractivity contribution < 1.29 is 0 Å². The third-order valence-corrected chi connectivity index (χ3v) is 2.89. The number of nitrogens with zero attached hydrogens (tertiary/aromatic N) is 3. The van der Waals surface area contributed by atoms with Gasteiger partial charge >= 0.3 is 0 Å². The van der Waals surface area contributed by atoms with Crippen molar-refractivity contribution in [2.75, 3.05) is 6.54 Å². The molecule has 90 valence electrons. The van der Waals surface area contributed by atoms with Crippen molar-refractivity contribution in [3.63, 3.8) is 0 Å². The van der Waals surface area contributed by atoms with Crippen molar-refractivity contribution in [2.45, 2.75) is 6.54 Å². The van der Waals surface area contributed by atoms with Crippen molar-refractivity contribution in [1.29, 1.82) is 0 Å². The molecule has 4 heteroatoms. The van der Waals surface area contributed by atoms with Crippen LogP contribution in [0.5, 0.6) is 0 Å². The summed E-state index contributed by atoms with van der Waals surface area (Å²) >= 11 is 0. The molecule has 0 aliphatic rings. The lowest BCUT2D eigenvalue weighted by Gasteiger charge is -2.06. The van der Waals surface area contributed by atoms with Crippen molar-refractivity contribution in [1.82, 2.24) is 14.5 Å². The van der Waals surface area contributed by atoms with E-state index in [4.69, 9.17) is 5.73 Å². The van der Waals surface area contributed by atoms with E-state index < -0.39 is 0 Å². The zero-order valence-electron chi connectivity index (χ0n) is 9.95. The molecule has 0 unspecified atom stereocenters. The van der Waals surface area contributed by atoms with E-state index in [0.29, 0.717) is 6.54 Å². The Morgan fingerprint density at radius 3 is 2.67 bits per heavy atom. The van der Waals surface area contributed by atoms with E-state index in [-0.39, 0.29) is 0 Å². The highest BCUT2D eigenvalue weighted by Gasteiger charge is 2.11. The lowest BCUT2D eigenvalue weighted by atomic mass is 10.2. The van der Waals surface area contributed by atoms with Crippen molar-refractivity contribution in [3.8, 4) is 11.4 Å². The smallest absolute Gasteiger partial charge is 0.160 e. The lowest BCUT2D eigenvalue weighted by Crippen LogP contribution is -2.11. The van der Waals surface area contributed by atoms with Crippen LogP contribution in [0.15, 0.2) is 48.7 Å². The molecule has 0 bridgehead atoms. The van der Waals surface area contributed by atoms with Crippen LogP contribution in [-0.2, 0) is 6.54 Å². The van der Waals surface area contributed by atoms with Gasteiger partial charge in [-0.2, -0.15) is 0 Å². The van der Waals surface area contributed by atoms with Gasteiger partial charge in [-0.15, -0.1) is 0 Å². The highest BCUT2D eigenvalue weighted by Crippen LogP contribution is 2.22.